The van der Waals surface area contributed by atoms with Crippen LogP contribution in [0.15, 0.2) is 140 Å². The second-order valence-electron chi connectivity index (χ2n) is 16.8. The molecule has 0 N–H and O–H groups in total. The molecule has 59 heavy (non-hydrogen) atoms. The van der Waals surface area contributed by atoms with Gasteiger partial charge in [-0.05, 0) is 173 Å². The summed E-state index contributed by atoms with van der Waals surface area (Å²) in [6.45, 7) is 13.3. The van der Waals surface area contributed by atoms with Crippen molar-refractivity contribution in [2.24, 2.45) is 0 Å². The first-order valence-electron chi connectivity index (χ1n) is 20.5. The second kappa shape index (κ2) is 13.0. The Labute approximate surface area is 345 Å². The van der Waals surface area contributed by atoms with E-state index in [1.165, 1.54) is 93.8 Å². The lowest BCUT2D eigenvalue weighted by molar-refractivity contribution is 0.487. The van der Waals surface area contributed by atoms with Crippen LogP contribution in [0.3, 0.4) is 0 Å². The number of nitriles is 1. The van der Waals surface area contributed by atoms with Gasteiger partial charge in [0.25, 0.3) is 6.71 Å². The third-order valence-corrected chi connectivity index (χ3v) is 12.8. The Bertz CT molecular complexity index is 3260. The van der Waals surface area contributed by atoms with Crippen molar-refractivity contribution in [1.82, 2.24) is 4.57 Å². The molecule has 3 nitrogen and oxygen atoms in total. The summed E-state index contributed by atoms with van der Waals surface area (Å²) >= 11 is 0. The largest absolute Gasteiger partial charge is 0.458 e. The van der Waals surface area contributed by atoms with Gasteiger partial charge in [0.15, 0.2) is 0 Å². The van der Waals surface area contributed by atoms with Crippen LogP contribution >= 0.6 is 0 Å². The van der Waals surface area contributed by atoms with Gasteiger partial charge < -0.3 is 9.30 Å². The first-order chi connectivity index (χ1) is 28.6. The zero-order valence-electron chi connectivity index (χ0n) is 34.2. The molecule has 11 rings (SSSR count). The van der Waals surface area contributed by atoms with E-state index in [0.29, 0.717) is 5.56 Å². The molecule has 8 aromatic carbocycles. The molecular weight excluding hydrogens is 715 g/mol. The molecule has 0 aliphatic carbocycles. The zero-order chi connectivity index (χ0) is 40.3. The highest BCUT2D eigenvalue weighted by atomic mass is 16.5. The maximum absolute atomic E-state index is 9.62. The maximum Gasteiger partial charge on any atom is 0.256 e. The fourth-order valence-corrected chi connectivity index (χ4v) is 10.6. The molecule has 0 atom stereocenters. The molecule has 0 radical (unpaired) electrons. The van der Waals surface area contributed by atoms with E-state index in [1.807, 2.05) is 24.3 Å². The molecule has 0 saturated carbocycles. The van der Waals surface area contributed by atoms with Gasteiger partial charge in [0.1, 0.15) is 11.5 Å². The molecule has 2 aliphatic heterocycles. The average Bonchev–Trinajstić information content (AvgIpc) is 3.55. The van der Waals surface area contributed by atoms with Gasteiger partial charge in [0.2, 0.25) is 0 Å². The number of aryl methyl sites for hydroxylation is 6. The predicted molar refractivity (Wildman–Crippen MR) is 247 cm³/mol. The number of benzene rings is 8. The summed E-state index contributed by atoms with van der Waals surface area (Å²) in [5, 5.41) is 12.1. The second-order valence-corrected chi connectivity index (χ2v) is 16.8. The number of aromatic nitrogens is 1. The minimum Gasteiger partial charge on any atom is -0.458 e. The normalized spacial score (nSPS) is 12.3. The standard InChI is InChI=1S/C55H41BN2O/c1-31-20-33(3)52(34(4)21-31)41-17-19-48-44(24-41)45-25-43(53-35(5)22-32(2)23-36(53)6)26-47-55(45)58(48)49-27-42(39-14-12-37(30-57)13-15-39)29-51-54(49)56(47)46-18-16-40(28-50(46)59-51)38-10-8-7-9-11-38/h7-29H,1-6H3. The average molecular weight is 757 g/mol. The van der Waals surface area contributed by atoms with E-state index < -0.39 is 0 Å². The number of hydrogen-bond donors (Lipinski definition) is 0. The van der Waals surface area contributed by atoms with Gasteiger partial charge in [-0.25, -0.2) is 0 Å². The Morgan fingerprint density at radius 2 is 1.08 bits per heavy atom. The summed E-state index contributed by atoms with van der Waals surface area (Å²) in [4.78, 5) is 0. The molecule has 1 aromatic heterocycles. The Hall–Kier alpha value is -7.09. The molecule has 0 amide bonds. The Morgan fingerprint density at radius 3 is 1.76 bits per heavy atom. The van der Waals surface area contributed by atoms with Crippen LogP contribution in [0, 0.1) is 52.9 Å². The molecule has 9 aromatic rings. The van der Waals surface area contributed by atoms with E-state index >= 15 is 0 Å². The molecule has 0 spiro atoms. The minimum atomic E-state index is -0.0602. The quantitative estimate of drug-likeness (QED) is 0.168. The summed E-state index contributed by atoms with van der Waals surface area (Å²) in [7, 11) is 0. The summed E-state index contributed by atoms with van der Waals surface area (Å²) in [5.41, 5.74) is 25.0. The van der Waals surface area contributed by atoms with Crippen molar-refractivity contribution < 1.29 is 4.74 Å². The van der Waals surface area contributed by atoms with Gasteiger partial charge in [-0.3, -0.25) is 0 Å². The number of hydrogen-bond acceptors (Lipinski definition) is 2. The van der Waals surface area contributed by atoms with Crippen LogP contribution in [0.4, 0.5) is 0 Å². The number of rotatable bonds is 4. The SMILES string of the molecule is Cc1cc(C)c(-c2ccc3c(c2)c2cc(-c4c(C)cc(C)cc4C)cc4c2n3-c2cc(-c3ccc(C#N)cc3)cc3c2B4c2ccc(-c4ccccc4)cc2O3)c(C)c1. The van der Waals surface area contributed by atoms with E-state index in [-0.39, 0.29) is 6.71 Å². The van der Waals surface area contributed by atoms with Crippen LogP contribution in [0.2, 0.25) is 0 Å². The van der Waals surface area contributed by atoms with Crippen LogP contribution in [0.25, 0.3) is 72.0 Å². The van der Waals surface area contributed by atoms with Gasteiger partial charge in [-0.1, -0.05) is 102 Å². The van der Waals surface area contributed by atoms with Crippen LogP contribution in [-0.2, 0) is 0 Å². The Morgan fingerprint density at radius 1 is 0.492 bits per heavy atom. The van der Waals surface area contributed by atoms with Gasteiger partial charge in [-0.2, -0.15) is 5.26 Å². The highest BCUT2D eigenvalue weighted by Crippen LogP contribution is 2.44. The van der Waals surface area contributed by atoms with Crippen molar-refractivity contribution in [3.05, 3.63) is 178 Å². The lowest BCUT2D eigenvalue weighted by atomic mass is 9.34. The van der Waals surface area contributed by atoms with Gasteiger partial charge in [-0.15, -0.1) is 0 Å². The molecule has 0 unspecified atom stereocenters. The number of nitrogens with zero attached hydrogens (tertiary/aromatic N) is 2. The molecule has 280 valence electrons. The monoisotopic (exact) mass is 756 g/mol. The van der Waals surface area contributed by atoms with E-state index in [1.54, 1.807) is 0 Å². The minimum absolute atomic E-state index is 0.0602. The maximum atomic E-state index is 9.62. The summed E-state index contributed by atoms with van der Waals surface area (Å²) < 4.78 is 9.61. The van der Waals surface area contributed by atoms with Crippen LogP contribution in [0.5, 0.6) is 11.5 Å². The van der Waals surface area contributed by atoms with Crippen molar-refractivity contribution in [3.63, 3.8) is 0 Å². The molecule has 2 aliphatic rings. The number of fused-ring (bicyclic) bond motifs is 7. The molecule has 0 saturated heterocycles. The van der Waals surface area contributed by atoms with E-state index in [0.717, 1.165) is 39.4 Å². The number of ether oxygens (including phenoxy) is 1. The van der Waals surface area contributed by atoms with Gasteiger partial charge >= 0.3 is 0 Å². The summed E-state index contributed by atoms with van der Waals surface area (Å²) in [5.74, 6) is 1.74. The van der Waals surface area contributed by atoms with Crippen molar-refractivity contribution in [2.45, 2.75) is 41.5 Å². The lowest BCUT2D eigenvalue weighted by Crippen LogP contribution is -2.58. The van der Waals surface area contributed by atoms with Crippen molar-refractivity contribution >= 4 is 44.9 Å². The Balaban J connectivity index is 1.27. The summed E-state index contributed by atoms with van der Waals surface area (Å²) in [6.07, 6.45) is 0. The fraction of sp³-hybridized carbons (Fsp3) is 0.109. The highest BCUT2D eigenvalue weighted by Gasteiger charge is 2.41. The van der Waals surface area contributed by atoms with Gasteiger partial charge in [0.05, 0.1) is 17.1 Å². The van der Waals surface area contributed by atoms with E-state index in [2.05, 4.69) is 167 Å². The lowest BCUT2D eigenvalue weighted by Gasteiger charge is -2.34. The van der Waals surface area contributed by atoms with E-state index in [4.69, 9.17) is 4.74 Å². The topological polar surface area (TPSA) is 38.0 Å². The van der Waals surface area contributed by atoms with Crippen LogP contribution < -0.4 is 21.1 Å². The Kier molecular flexibility index (Phi) is 7.71. The van der Waals surface area contributed by atoms with Crippen LogP contribution in [-0.4, -0.2) is 11.3 Å². The summed E-state index contributed by atoms with van der Waals surface area (Å²) in [6, 6.07) is 53.3. The predicted octanol–water partition coefficient (Wildman–Crippen LogP) is 12.1. The van der Waals surface area contributed by atoms with E-state index in [9.17, 15) is 5.26 Å². The smallest absolute Gasteiger partial charge is 0.256 e. The molecule has 3 heterocycles. The highest BCUT2D eigenvalue weighted by molar-refractivity contribution is 6.99. The zero-order valence-corrected chi connectivity index (χ0v) is 34.2. The fourth-order valence-electron chi connectivity index (χ4n) is 10.6. The first-order valence-corrected chi connectivity index (χ1v) is 20.5. The molecule has 0 fully saturated rings. The third kappa shape index (κ3) is 5.35. The molecular formula is C55H41BN2O. The van der Waals surface area contributed by atoms with Crippen molar-refractivity contribution in [3.8, 4) is 67.8 Å². The van der Waals surface area contributed by atoms with Crippen molar-refractivity contribution in [1.29, 1.82) is 5.26 Å². The van der Waals surface area contributed by atoms with Crippen LogP contribution in [0.1, 0.15) is 38.9 Å². The third-order valence-electron chi connectivity index (χ3n) is 12.8. The van der Waals surface area contributed by atoms with Gasteiger partial charge in [0, 0.05) is 22.0 Å². The molecule has 0 bridgehead atoms. The molecule has 4 heteroatoms. The van der Waals surface area contributed by atoms with Crippen molar-refractivity contribution in [2.75, 3.05) is 0 Å². The first kappa shape index (κ1) is 35.1.